The zero-order valence-corrected chi connectivity index (χ0v) is 16.4. The minimum Gasteiger partial charge on any atom is -0.296 e. The Morgan fingerprint density at radius 1 is 1.04 bits per heavy atom. The smallest absolute Gasteiger partial charge is 0.252 e. The van der Waals surface area contributed by atoms with Gasteiger partial charge in [-0.05, 0) is 52.6 Å². The monoisotopic (exact) mass is 412 g/mol. The van der Waals surface area contributed by atoms with Crippen LogP contribution in [0.3, 0.4) is 0 Å². The molecule has 1 unspecified atom stereocenters. The summed E-state index contributed by atoms with van der Waals surface area (Å²) in [5.74, 6) is -0.369. The van der Waals surface area contributed by atoms with Crippen LogP contribution in [0.5, 0.6) is 0 Å². The highest BCUT2D eigenvalue weighted by atomic mass is 35.5. The van der Waals surface area contributed by atoms with Gasteiger partial charge in [0.15, 0.2) is 0 Å². The highest BCUT2D eigenvalue weighted by Crippen LogP contribution is 2.33. The molecular weight excluding hydrogens is 398 g/mol. The number of pyridine rings is 2. The minimum absolute atomic E-state index is 0.216. The van der Waals surface area contributed by atoms with Gasteiger partial charge in [-0.3, -0.25) is 9.36 Å². The van der Waals surface area contributed by atoms with Crippen LogP contribution in [0.4, 0.5) is 4.39 Å². The van der Waals surface area contributed by atoms with Gasteiger partial charge in [0.2, 0.25) is 0 Å². The van der Waals surface area contributed by atoms with Crippen LogP contribution in [-0.4, -0.2) is 9.55 Å². The first kappa shape index (κ1) is 18.7. The molecule has 4 aromatic rings. The Bertz CT molecular complexity index is 1240. The van der Waals surface area contributed by atoms with Crippen molar-refractivity contribution in [1.82, 2.24) is 9.55 Å². The molecule has 0 aliphatic heterocycles. The molecule has 0 saturated heterocycles. The fourth-order valence-corrected chi connectivity index (χ4v) is 3.59. The lowest BCUT2D eigenvalue weighted by atomic mass is 9.99. The minimum atomic E-state index is -0.438. The fourth-order valence-electron chi connectivity index (χ4n) is 3.20. The number of rotatable bonds is 3. The SMILES string of the molecule is Cn1c(=O)cc(-c2cccc(F)c2)c2cc(C(Cl)c3ccc(Cl)cc3)cnc21. The lowest BCUT2D eigenvalue weighted by molar-refractivity contribution is 0.628. The lowest BCUT2D eigenvalue weighted by Gasteiger charge is -2.14. The highest BCUT2D eigenvalue weighted by Gasteiger charge is 2.16. The summed E-state index contributed by atoms with van der Waals surface area (Å²) in [6.07, 6.45) is 1.66. The number of alkyl halides is 1. The van der Waals surface area contributed by atoms with Crippen LogP contribution < -0.4 is 5.56 Å². The Balaban J connectivity index is 1.92. The first-order chi connectivity index (χ1) is 13.4. The molecule has 0 spiro atoms. The number of aryl methyl sites for hydroxylation is 1. The molecule has 1 atom stereocenters. The van der Waals surface area contributed by atoms with E-state index in [-0.39, 0.29) is 11.4 Å². The van der Waals surface area contributed by atoms with E-state index in [2.05, 4.69) is 4.98 Å². The number of halogens is 3. The molecule has 28 heavy (non-hydrogen) atoms. The van der Waals surface area contributed by atoms with Gasteiger partial charge in [0.1, 0.15) is 11.5 Å². The maximum absolute atomic E-state index is 13.8. The van der Waals surface area contributed by atoms with Crippen LogP contribution in [0.15, 0.2) is 71.7 Å². The molecule has 0 fully saturated rings. The van der Waals surface area contributed by atoms with E-state index in [1.54, 1.807) is 37.5 Å². The summed E-state index contributed by atoms with van der Waals surface area (Å²) >= 11 is 12.6. The standard InChI is InChI=1S/C22H15Cl2FN2O/c1-27-20(28)11-18(14-3-2-4-17(25)9-14)19-10-15(12-26-22(19)27)21(24)13-5-7-16(23)8-6-13/h2-12,21H,1H3. The van der Waals surface area contributed by atoms with Crippen molar-refractivity contribution >= 4 is 34.2 Å². The summed E-state index contributed by atoms with van der Waals surface area (Å²) in [4.78, 5) is 16.8. The second-order valence-corrected chi connectivity index (χ2v) is 7.39. The molecule has 4 rings (SSSR count). The second kappa shape index (κ2) is 7.38. The van der Waals surface area contributed by atoms with Gasteiger partial charge in [-0.25, -0.2) is 9.37 Å². The molecule has 6 heteroatoms. The number of aromatic nitrogens is 2. The molecular formula is C22H15Cl2FN2O. The molecule has 2 heterocycles. The zero-order valence-electron chi connectivity index (χ0n) is 14.9. The number of hydrogen-bond donors (Lipinski definition) is 0. The third kappa shape index (κ3) is 3.41. The normalized spacial score (nSPS) is 12.3. The van der Waals surface area contributed by atoms with E-state index in [4.69, 9.17) is 23.2 Å². The summed E-state index contributed by atoms with van der Waals surface area (Å²) in [5, 5.41) is 0.921. The third-order valence-electron chi connectivity index (χ3n) is 4.69. The van der Waals surface area contributed by atoms with Gasteiger partial charge in [-0.2, -0.15) is 0 Å². The van der Waals surface area contributed by atoms with Crippen LogP contribution in [0.25, 0.3) is 22.2 Å². The Labute approximate surface area is 171 Å². The van der Waals surface area contributed by atoms with Crippen molar-refractivity contribution in [1.29, 1.82) is 0 Å². The van der Waals surface area contributed by atoms with Gasteiger partial charge in [0.05, 0.1) is 5.38 Å². The van der Waals surface area contributed by atoms with E-state index < -0.39 is 5.38 Å². The van der Waals surface area contributed by atoms with Crippen molar-refractivity contribution < 1.29 is 4.39 Å². The topological polar surface area (TPSA) is 34.9 Å². The van der Waals surface area contributed by atoms with Gasteiger partial charge < -0.3 is 0 Å². The van der Waals surface area contributed by atoms with E-state index in [1.807, 2.05) is 18.2 Å². The molecule has 0 bridgehead atoms. The number of nitrogens with zero attached hydrogens (tertiary/aromatic N) is 2. The largest absolute Gasteiger partial charge is 0.296 e. The van der Waals surface area contributed by atoms with Crippen molar-refractivity contribution in [2.75, 3.05) is 0 Å². The Morgan fingerprint density at radius 2 is 1.79 bits per heavy atom. The van der Waals surface area contributed by atoms with Crippen LogP contribution in [0.2, 0.25) is 5.02 Å². The Morgan fingerprint density at radius 3 is 2.50 bits per heavy atom. The van der Waals surface area contributed by atoms with Crippen molar-refractivity contribution in [2.45, 2.75) is 5.38 Å². The summed E-state index contributed by atoms with van der Waals surface area (Å²) < 4.78 is 15.2. The van der Waals surface area contributed by atoms with E-state index in [9.17, 15) is 9.18 Å². The first-order valence-electron chi connectivity index (χ1n) is 8.59. The van der Waals surface area contributed by atoms with Crippen LogP contribution in [-0.2, 0) is 7.05 Å². The van der Waals surface area contributed by atoms with Crippen molar-refractivity contribution in [3.05, 3.63) is 99.2 Å². The molecule has 2 aromatic carbocycles. The molecule has 0 radical (unpaired) electrons. The maximum Gasteiger partial charge on any atom is 0.252 e. The molecule has 3 nitrogen and oxygen atoms in total. The van der Waals surface area contributed by atoms with Gasteiger partial charge in [-0.15, -0.1) is 11.6 Å². The van der Waals surface area contributed by atoms with Crippen LogP contribution in [0, 0.1) is 5.82 Å². The van der Waals surface area contributed by atoms with E-state index in [1.165, 1.54) is 22.8 Å². The first-order valence-corrected chi connectivity index (χ1v) is 9.40. The summed E-state index contributed by atoms with van der Waals surface area (Å²) in [5.41, 5.74) is 3.17. The third-order valence-corrected chi connectivity index (χ3v) is 5.44. The van der Waals surface area contributed by atoms with Gasteiger partial charge in [0.25, 0.3) is 5.56 Å². The second-order valence-electron chi connectivity index (χ2n) is 6.52. The van der Waals surface area contributed by atoms with Crippen molar-refractivity contribution in [3.8, 4) is 11.1 Å². The molecule has 140 valence electrons. The fraction of sp³-hybridized carbons (Fsp3) is 0.0909. The quantitative estimate of drug-likeness (QED) is 0.403. The van der Waals surface area contributed by atoms with Gasteiger partial charge >= 0.3 is 0 Å². The predicted octanol–water partition coefficient (Wildman–Crippen LogP) is 5.72. The Kier molecular flexibility index (Phi) is 4.92. The zero-order chi connectivity index (χ0) is 19.8. The number of fused-ring (bicyclic) bond motifs is 1. The van der Waals surface area contributed by atoms with E-state index >= 15 is 0 Å². The summed E-state index contributed by atoms with van der Waals surface area (Å²) in [6, 6.07) is 16.8. The molecule has 0 N–H and O–H groups in total. The summed E-state index contributed by atoms with van der Waals surface area (Å²) in [7, 11) is 1.66. The molecule has 0 aliphatic rings. The average Bonchev–Trinajstić information content (AvgIpc) is 2.70. The average molecular weight is 413 g/mol. The highest BCUT2D eigenvalue weighted by molar-refractivity contribution is 6.30. The predicted molar refractivity (Wildman–Crippen MR) is 112 cm³/mol. The molecule has 0 saturated carbocycles. The Hall–Kier alpha value is -2.69. The van der Waals surface area contributed by atoms with Gasteiger partial charge in [0, 0.05) is 29.7 Å². The lowest BCUT2D eigenvalue weighted by Crippen LogP contribution is -2.17. The summed E-state index contributed by atoms with van der Waals surface area (Å²) in [6.45, 7) is 0. The van der Waals surface area contributed by atoms with Crippen molar-refractivity contribution in [2.24, 2.45) is 7.05 Å². The van der Waals surface area contributed by atoms with Crippen LogP contribution in [0.1, 0.15) is 16.5 Å². The van der Waals surface area contributed by atoms with E-state index in [0.29, 0.717) is 21.8 Å². The maximum atomic E-state index is 13.8. The van der Waals surface area contributed by atoms with Gasteiger partial charge in [-0.1, -0.05) is 35.9 Å². The molecule has 2 aromatic heterocycles. The molecule has 0 aliphatic carbocycles. The van der Waals surface area contributed by atoms with Crippen molar-refractivity contribution in [3.63, 3.8) is 0 Å². The van der Waals surface area contributed by atoms with E-state index in [0.717, 1.165) is 16.5 Å². The number of hydrogen-bond acceptors (Lipinski definition) is 2. The number of benzene rings is 2. The molecule has 0 amide bonds. The van der Waals surface area contributed by atoms with Crippen LogP contribution >= 0.6 is 23.2 Å².